The molecule has 1 radical (unpaired) electrons. The number of oxazole rings is 1. The van der Waals surface area contributed by atoms with Crippen molar-refractivity contribution >= 4 is 55.1 Å². The number of benzene rings is 6. The van der Waals surface area contributed by atoms with Crippen LogP contribution in [0.15, 0.2) is 142 Å². The summed E-state index contributed by atoms with van der Waals surface area (Å²) in [5.41, 5.74) is 14.6. The van der Waals surface area contributed by atoms with Crippen LogP contribution in [0.4, 0.5) is 0 Å². The van der Waals surface area contributed by atoms with Crippen molar-refractivity contribution in [1.29, 1.82) is 0 Å². The molecule has 5 aromatic heterocycles. The first kappa shape index (κ1) is 43.5. The molecule has 0 aliphatic carbocycles. The number of fused-ring (bicyclic) bond motifs is 7. The van der Waals surface area contributed by atoms with Crippen LogP contribution < -0.4 is 0 Å². The summed E-state index contributed by atoms with van der Waals surface area (Å²) in [5, 5.41) is 1.19. The Balaban J connectivity index is 0.000000321. The van der Waals surface area contributed by atoms with E-state index in [1.165, 1.54) is 16.7 Å². The van der Waals surface area contributed by atoms with Gasteiger partial charge in [0.1, 0.15) is 11.1 Å². The summed E-state index contributed by atoms with van der Waals surface area (Å²) in [5.74, 6) is 1.57. The van der Waals surface area contributed by atoms with Gasteiger partial charge in [-0.1, -0.05) is 130 Å². The average molecular weight is 1090 g/mol. The van der Waals surface area contributed by atoms with E-state index < -0.39 is 6.85 Å². The Morgan fingerprint density at radius 3 is 2.06 bits per heavy atom. The maximum absolute atomic E-state index is 8.58. The summed E-state index contributed by atoms with van der Waals surface area (Å²) < 4.78 is 40.9. The molecule has 7 nitrogen and oxygen atoms in total. The van der Waals surface area contributed by atoms with Gasteiger partial charge in [0.05, 0.1) is 33.5 Å². The first-order valence-corrected chi connectivity index (χ1v) is 23.4. The zero-order valence-corrected chi connectivity index (χ0v) is 43.1. The molecule has 0 saturated carbocycles. The first-order valence-electron chi connectivity index (χ1n) is 24.9. The number of aryl methyl sites for hydroxylation is 1. The van der Waals surface area contributed by atoms with E-state index in [2.05, 4.69) is 146 Å². The number of nitrogens with zero attached hydrogens (tertiary/aromatic N) is 5. The minimum atomic E-state index is -2.46. The molecule has 69 heavy (non-hydrogen) atoms. The van der Waals surface area contributed by atoms with Crippen molar-refractivity contribution in [2.45, 2.75) is 98.8 Å². The maximum Gasteiger partial charge on any atom is 0.200 e. The van der Waals surface area contributed by atoms with Crippen molar-refractivity contribution in [2.24, 2.45) is 0 Å². The fourth-order valence-electron chi connectivity index (χ4n) is 8.97. The second kappa shape index (κ2) is 18.3. The maximum atomic E-state index is 8.58. The van der Waals surface area contributed by atoms with Gasteiger partial charge >= 0.3 is 0 Å². The van der Waals surface area contributed by atoms with Gasteiger partial charge in [-0.05, 0) is 105 Å². The van der Waals surface area contributed by atoms with E-state index >= 15 is 0 Å². The van der Waals surface area contributed by atoms with Crippen molar-refractivity contribution in [2.75, 3.05) is 0 Å². The second-order valence-electron chi connectivity index (χ2n) is 20.4. The zero-order valence-electron chi connectivity index (χ0n) is 43.7. The third-order valence-corrected chi connectivity index (χ3v) is 12.6. The average Bonchev–Trinajstić information content (AvgIpc) is 4.07. The number of para-hydroxylation sites is 2. The third-order valence-electron chi connectivity index (χ3n) is 12.6. The molecule has 0 unspecified atom stereocenters. The number of aromatic nitrogens is 5. The van der Waals surface area contributed by atoms with Crippen molar-refractivity contribution in [1.82, 2.24) is 24.5 Å². The van der Waals surface area contributed by atoms with Crippen molar-refractivity contribution < 1.29 is 33.1 Å². The topological polar surface area (TPSA) is 82.8 Å². The molecule has 349 valence electrons. The van der Waals surface area contributed by atoms with Crippen LogP contribution in [0.3, 0.4) is 0 Å². The molecule has 8 heteroatoms. The standard InChI is InChI=1S/C46H41N4O2.C15H16N.Ir/c1-25(2)31-22-29(28-14-10-9-11-15-28)23-32(26(3)4)42(31)50-36-17-13-12-16-35(36)48-44(50)30-19-18-27(5)39-41-38(51-43(30)39)24-33-34(47-41)20-21-37-40(33)49-45(52-37)46(6,7)8;1-15(2,3)13-9-10-16-14(11-13)12-7-5-4-6-8-12;/h9-18,20-26H,1-8H3;4-7,9-11H,1-3H3;/q2*-1;/i5D3;;. The Morgan fingerprint density at radius 2 is 1.38 bits per heavy atom. The van der Waals surface area contributed by atoms with Crippen LogP contribution in [0.25, 0.3) is 94.6 Å². The Labute approximate surface area is 422 Å². The summed E-state index contributed by atoms with van der Waals surface area (Å²) in [4.78, 5) is 19.6. The summed E-state index contributed by atoms with van der Waals surface area (Å²) in [6.07, 6.45) is 1.87. The van der Waals surface area contributed by atoms with E-state index in [-0.39, 0.29) is 48.3 Å². The number of furan rings is 1. The molecule has 0 bridgehead atoms. The number of hydrogen-bond acceptors (Lipinski definition) is 6. The number of rotatable bonds is 6. The van der Waals surface area contributed by atoms with Gasteiger partial charge in [0.15, 0.2) is 5.58 Å². The Hall–Kier alpha value is -6.73. The van der Waals surface area contributed by atoms with E-state index in [0.29, 0.717) is 56.0 Å². The fraction of sp³-hybridized carbons (Fsp3) is 0.246. The normalized spacial score (nSPS) is 13.0. The largest absolute Gasteiger partial charge is 0.499 e. The quantitative estimate of drug-likeness (QED) is 0.154. The molecule has 0 N–H and O–H groups in total. The molecule has 0 amide bonds. The van der Waals surface area contributed by atoms with Gasteiger partial charge in [0, 0.05) is 46.9 Å². The second-order valence-corrected chi connectivity index (χ2v) is 20.4. The third kappa shape index (κ3) is 8.81. The van der Waals surface area contributed by atoms with E-state index in [1.54, 1.807) is 6.07 Å². The van der Waals surface area contributed by atoms with Crippen LogP contribution >= 0.6 is 0 Å². The van der Waals surface area contributed by atoms with Crippen molar-refractivity contribution in [3.8, 4) is 39.5 Å². The molecule has 6 aromatic carbocycles. The van der Waals surface area contributed by atoms with Crippen LogP contribution in [0.1, 0.15) is 113 Å². The summed E-state index contributed by atoms with van der Waals surface area (Å²) in [6.45, 7) is 19.2. The van der Waals surface area contributed by atoms with Gasteiger partial charge in [0.25, 0.3) is 0 Å². The minimum absolute atomic E-state index is 0. The SMILES string of the molecule is CC(C)(C)c1ccnc(-c2[c-]cccc2)c1.[2H]C([2H])([2H])c1c[c-]c(-c2nc3ccccc3n2-c2c(C(C)C)cc(-c3ccccc3)cc2C(C)C)c2oc3cc4c(ccc5oc(C(C)(C)C)nc54)nc3c12.[Ir]. The van der Waals surface area contributed by atoms with Crippen LogP contribution in [-0.2, 0) is 30.9 Å². The summed E-state index contributed by atoms with van der Waals surface area (Å²) in [7, 11) is 0. The predicted molar refractivity (Wildman–Crippen MR) is 280 cm³/mol. The molecule has 0 aliphatic rings. The van der Waals surface area contributed by atoms with Gasteiger partial charge in [-0.2, -0.15) is 0 Å². The molecule has 0 saturated heterocycles. The number of hydrogen-bond donors (Lipinski definition) is 0. The summed E-state index contributed by atoms with van der Waals surface area (Å²) in [6, 6.07) is 49.1. The number of pyridine rings is 2. The minimum Gasteiger partial charge on any atom is -0.499 e. The molecule has 0 spiro atoms. The Bertz CT molecular complexity index is 3750. The molecular weight excluding hydrogens is 1030 g/mol. The van der Waals surface area contributed by atoms with Crippen LogP contribution in [0, 0.1) is 19.0 Å². The van der Waals surface area contributed by atoms with Gasteiger partial charge in [-0.15, -0.1) is 53.6 Å². The fourth-order valence-corrected chi connectivity index (χ4v) is 8.97. The van der Waals surface area contributed by atoms with Crippen LogP contribution in [-0.4, -0.2) is 24.5 Å². The molecule has 11 aromatic rings. The summed E-state index contributed by atoms with van der Waals surface area (Å²) >= 11 is 0. The molecule has 0 aliphatic heterocycles. The smallest absolute Gasteiger partial charge is 0.200 e. The molecule has 0 atom stereocenters. The predicted octanol–water partition coefficient (Wildman–Crippen LogP) is 16.4. The van der Waals surface area contributed by atoms with Crippen molar-refractivity contribution in [3.05, 3.63) is 174 Å². The van der Waals surface area contributed by atoms with Gasteiger partial charge in [-0.25, -0.2) is 9.97 Å². The van der Waals surface area contributed by atoms with Gasteiger partial charge in [0.2, 0.25) is 5.89 Å². The van der Waals surface area contributed by atoms with Crippen molar-refractivity contribution in [3.63, 3.8) is 0 Å². The Morgan fingerprint density at radius 1 is 0.652 bits per heavy atom. The molecule has 5 heterocycles. The Kier molecular flexibility index (Phi) is 11.6. The van der Waals surface area contributed by atoms with Gasteiger partial charge < -0.3 is 18.4 Å². The number of imidazole rings is 1. The first-order chi connectivity index (χ1) is 33.8. The molecule has 11 rings (SSSR count). The van der Waals surface area contributed by atoms with Crippen LogP contribution in [0.2, 0.25) is 0 Å². The van der Waals surface area contributed by atoms with E-state index in [0.717, 1.165) is 44.5 Å². The van der Waals surface area contributed by atoms with E-state index in [9.17, 15) is 0 Å². The van der Waals surface area contributed by atoms with Gasteiger partial charge in [-0.3, -0.25) is 4.98 Å². The molecular formula is C61H57IrN5O2-2. The van der Waals surface area contributed by atoms with E-state index in [1.807, 2.05) is 72.9 Å². The monoisotopic (exact) mass is 1090 g/mol. The van der Waals surface area contributed by atoms with E-state index in [4.69, 9.17) is 27.9 Å². The zero-order chi connectivity index (χ0) is 50.1. The van der Waals surface area contributed by atoms with Crippen LogP contribution in [0.5, 0.6) is 0 Å². The molecule has 0 fully saturated rings.